The van der Waals surface area contributed by atoms with E-state index in [1.54, 1.807) is 17.8 Å². The minimum Gasteiger partial charge on any atom is -0.465 e. The summed E-state index contributed by atoms with van der Waals surface area (Å²) < 4.78 is 11.0. The number of ether oxygens (including phenoxy) is 2. The maximum atomic E-state index is 12.1. The standard InChI is InChI=1S/C20H14O3S/c1-22-20(21)15-8-3-2-7-13(15)14-9-6-11-17-19(14)24-18-12-5-4-10-16(18)23-17/h2-12H,1H3. The van der Waals surface area contributed by atoms with Gasteiger partial charge in [0.2, 0.25) is 0 Å². The molecule has 0 saturated carbocycles. The van der Waals surface area contributed by atoms with Crippen LogP contribution in [0.4, 0.5) is 0 Å². The Bertz CT molecular complexity index is 934. The SMILES string of the molecule is COC(=O)c1ccccc1-c1cccc2c1Sc1ccccc1O2. The van der Waals surface area contributed by atoms with Crippen LogP contribution in [0.3, 0.4) is 0 Å². The molecule has 0 amide bonds. The first-order valence-corrected chi connectivity index (χ1v) is 8.35. The van der Waals surface area contributed by atoms with Gasteiger partial charge >= 0.3 is 5.97 Å². The number of fused-ring (bicyclic) bond motifs is 2. The lowest BCUT2D eigenvalue weighted by atomic mass is 9.99. The van der Waals surface area contributed by atoms with Crippen molar-refractivity contribution in [3.63, 3.8) is 0 Å². The first-order valence-electron chi connectivity index (χ1n) is 7.53. The number of benzene rings is 3. The van der Waals surface area contributed by atoms with Crippen molar-refractivity contribution in [2.24, 2.45) is 0 Å². The Hall–Kier alpha value is -2.72. The van der Waals surface area contributed by atoms with Gasteiger partial charge in [-0.2, -0.15) is 0 Å². The van der Waals surface area contributed by atoms with Crippen LogP contribution in [-0.2, 0) is 4.74 Å². The van der Waals surface area contributed by atoms with Gasteiger partial charge in [-0.3, -0.25) is 0 Å². The lowest BCUT2D eigenvalue weighted by Crippen LogP contribution is -2.04. The number of carbonyl (C=O) groups is 1. The summed E-state index contributed by atoms with van der Waals surface area (Å²) in [6, 6.07) is 21.3. The second-order valence-electron chi connectivity index (χ2n) is 5.32. The second-order valence-corrected chi connectivity index (χ2v) is 6.37. The lowest BCUT2D eigenvalue weighted by Gasteiger charge is -2.22. The van der Waals surface area contributed by atoms with Crippen molar-refractivity contribution >= 4 is 17.7 Å². The number of rotatable bonds is 2. The average molecular weight is 334 g/mol. The third-order valence-electron chi connectivity index (χ3n) is 3.88. The summed E-state index contributed by atoms with van der Waals surface area (Å²) in [6.07, 6.45) is 0. The van der Waals surface area contributed by atoms with E-state index in [2.05, 4.69) is 0 Å². The molecule has 0 aliphatic carbocycles. The van der Waals surface area contributed by atoms with Gasteiger partial charge in [0.25, 0.3) is 0 Å². The largest absolute Gasteiger partial charge is 0.465 e. The average Bonchev–Trinajstić information content (AvgIpc) is 2.65. The Morgan fingerprint density at radius 3 is 2.46 bits per heavy atom. The van der Waals surface area contributed by atoms with Crippen LogP contribution in [-0.4, -0.2) is 13.1 Å². The summed E-state index contributed by atoms with van der Waals surface area (Å²) in [7, 11) is 1.40. The molecule has 0 bridgehead atoms. The van der Waals surface area contributed by atoms with Crippen LogP contribution in [0, 0.1) is 0 Å². The lowest BCUT2D eigenvalue weighted by molar-refractivity contribution is 0.0601. The first-order chi connectivity index (χ1) is 11.8. The first kappa shape index (κ1) is 14.8. The zero-order valence-electron chi connectivity index (χ0n) is 13.0. The van der Waals surface area contributed by atoms with E-state index in [0.29, 0.717) is 5.56 Å². The third-order valence-corrected chi connectivity index (χ3v) is 5.06. The summed E-state index contributed by atoms with van der Waals surface area (Å²) in [6.45, 7) is 0. The number of carbonyl (C=O) groups excluding carboxylic acids is 1. The molecule has 0 unspecified atom stereocenters. The van der Waals surface area contributed by atoms with Gasteiger partial charge in [0.05, 0.1) is 22.5 Å². The molecule has 3 aromatic rings. The number of para-hydroxylation sites is 1. The molecule has 0 fully saturated rings. The van der Waals surface area contributed by atoms with Crippen LogP contribution in [0.15, 0.2) is 76.5 Å². The summed E-state index contributed by atoms with van der Waals surface area (Å²) in [5.74, 6) is 1.31. The molecule has 3 nitrogen and oxygen atoms in total. The number of hydrogen-bond donors (Lipinski definition) is 0. The Kier molecular flexibility index (Phi) is 3.75. The summed E-state index contributed by atoms with van der Waals surface area (Å²) >= 11 is 1.65. The predicted molar refractivity (Wildman–Crippen MR) is 93.9 cm³/mol. The van der Waals surface area contributed by atoms with Gasteiger partial charge in [-0.25, -0.2) is 4.79 Å². The molecule has 1 heterocycles. The summed E-state index contributed by atoms with van der Waals surface area (Å²) in [4.78, 5) is 14.2. The minimum absolute atomic E-state index is 0.342. The van der Waals surface area contributed by atoms with Gasteiger partial charge in [-0.15, -0.1) is 0 Å². The molecule has 0 saturated heterocycles. The minimum atomic E-state index is -0.342. The Morgan fingerprint density at radius 2 is 1.58 bits per heavy atom. The van der Waals surface area contributed by atoms with Crippen LogP contribution in [0.5, 0.6) is 11.5 Å². The highest BCUT2D eigenvalue weighted by atomic mass is 32.2. The normalized spacial score (nSPS) is 11.9. The van der Waals surface area contributed by atoms with E-state index >= 15 is 0 Å². The molecule has 3 aromatic carbocycles. The molecule has 1 aliphatic heterocycles. The molecular formula is C20H14O3S. The van der Waals surface area contributed by atoms with Crippen LogP contribution < -0.4 is 4.74 Å². The fourth-order valence-corrected chi connectivity index (χ4v) is 3.84. The monoisotopic (exact) mass is 334 g/mol. The predicted octanol–water partition coefficient (Wildman–Crippen LogP) is 5.40. The molecule has 0 radical (unpaired) electrons. The molecule has 24 heavy (non-hydrogen) atoms. The number of methoxy groups -OCH3 is 1. The van der Waals surface area contributed by atoms with E-state index in [1.165, 1.54) is 7.11 Å². The van der Waals surface area contributed by atoms with Crippen LogP contribution in [0.2, 0.25) is 0 Å². The maximum absolute atomic E-state index is 12.1. The van der Waals surface area contributed by atoms with Crippen molar-refractivity contribution in [2.45, 2.75) is 9.79 Å². The molecule has 0 N–H and O–H groups in total. The molecular weight excluding hydrogens is 320 g/mol. The fourth-order valence-electron chi connectivity index (χ4n) is 2.77. The zero-order valence-corrected chi connectivity index (χ0v) is 13.8. The summed E-state index contributed by atoms with van der Waals surface area (Å²) in [5, 5.41) is 0. The quantitative estimate of drug-likeness (QED) is 0.460. The van der Waals surface area contributed by atoms with Crippen molar-refractivity contribution < 1.29 is 14.3 Å². The van der Waals surface area contributed by atoms with Crippen molar-refractivity contribution in [3.05, 3.63) is 72.3 Å². The Balaban J connectivity index is 1.87. The van der Waals surface area contributed by atoms with Gasteiger partial charge in [0.15, 0.2) is 0 Å². The third kappa shape index (κ3) is 2.45. The summed E-state index contributed by atoms with van der Waals surface area (Å²) in [5.41, 5.74) is 2.36. The van der Waals surface area contributed by atoms with E-state index < -0.39 is 0 Å². The van der Waals surface area contributed by atoms with E-state index in [-0.39, 0.29) is 5.97 Å². The molecule has 1 aliphatic rings. The Morgan fingerprint density at radius 1 is 0.875 bits per heavy atom. The fraction of sp³-hybridized carbons (Fsp3) is 0.0500. The molecule has 0 spiro atoms. The van der Waals surface area contributed by atoms with Gasteiger partial charge in [-0.05, 0) is 29.8 Å². The van der Waals surface area contributed by atoms with Crippen molar-refractivity contribution in [1.29, 1.82) is 0 Å². The van der Waals surface area contributed by atoms with Gasteiger partial charge < -0.3 is 9.47 Å². The topological polar surface area (TPSA) is 35.5 Å². The van der Waals surface area contributed by atoms with Gasteiger partial charge in [0.1, 0.15) is 11.5 Å². The van der Waals surface area contributed by atoms with E-state index in [0.717, 1.165) is 32.4 Å². The van der Waals surface area contributed by atoms with Crippen molar-refractivity contribution in [3.8, 4) is 22.6 Å². The number of esters is 1. The van der Waals surface area contributed by atoms with Crippen molar-refractivity contribution in [2.75, 3.05) is 7.11 Å². The highest BCUT2D eigenvalue weighted by molar-refractivity contribution is 7.99. The van der Waals surface area contributed by atoms with Crippen LogP contribution in [0.25, 0.3) is 11.1 Å². The van der Waals surface area contributed by atoms with E-state index in [1.807, 2.05) is 60.7 Å². The van der Waals surface area contributed by atoms with Gasteiger partial charge in [0, 0.05) is 5.56 Å². The highest BCUT2D eigenvalue weighted by Gasteiger charge is 2.23. The molecule has 0 aromatic heterocycles. The van der Waals surface area contributed by atoms with E-state index in [9.17, 15) is 4.79 Å². The molecule has 118 valence electrons. The molecule has 4 heteroatoms. The van der Waals surface area contributed by atoms with E-state index in [4.69, 9.17) is 9.47 Å². The highest BCUT2D eigenvalue weighted by Crippen LogP contribution is 2.50. The maximum Gasteiger partial charge on any atom is 0.338 e. The molecule has 0 atom stereocenters. The van der Waals surface area contributed by atoms with Crippen molar-refractivity contribution in [1.82, 2.24) is 0 Å². The van der Waals surface area contributed by atoms with Crippen LogP contribution >= 0.6 is 11.8 Å². The number of hydrogen-bond acceptors (Lipinski definition) is 4. The smallest absolute Gasteiger partial charge is 0.338 e. The Labute approximate surface area is 144 Å². The second kappa shape index (κ2) is 6.06. The van der Waals surface area contributed by atoms with Gasteiger partial charge in [-0.1, -0.05) is 54.2 Å². The zero-order chi connectivity index (χ0) is 16.5. The van der Waals surface area contributed by atoms with Crippen LogP contribution in [0.1, 0.15) is 10.4 Å². The molecule has 4 rings (SSSR count).